The van der Waals surface area contributed by atoms with Crippen molar-refractivity contribution in [2.45, 2.75) is 53.4 Å². The molecule has 0 fully saturated rings. The molecule has 0 amide bonds. The van der Waals surface area contributed by atoms with Crippen molar-refractivity contribution in [1.82, 2.24) is 4.90 Å². The Morgan fingerprint density at radius 3 is 2.20 bits per heavy atom. The molecule has 15 heavy (non-hydrogen) atoms. The van der Waals surface area contributed by atoms with E-state index < -0.39 is 0 Å². The van der Waals surface area contributed by atoms with E-state index >= 15 is 0 Å². The minimum absolute atomic E-state index is 0.149. The summed E-state index contributed by atoms with van der Waals surface area (Å²) in [5, 5.41) is 8.89. The highest BCUT2D eigenvalue weighted by atomic mass is 15.1. The van der Waals surface area contributed by atoms with Gasteiger partial charge in [0.1, 0.15) is 0 Å². The minimum atomic E-state index is -0.149. The van der Waals surface area contributed by atoms with Gasteiger partial charge >= 0.3 is 0 Å². The van der Waals surface area contributed by atoms with Gasteiger partial charge < -0.3 is 4.90 Å². The number of hydrogen-bond acceptors (Lipinski definition) is 2. The molecule has 0 heterocycles. The maximum atomic E-state index is 8.89. The molecule has 0 atom stereocenters. The third-order valence-electron chi connectivity index (χ3n) is 2.85. The summed E-state index contributed by atoms with van der Waals surface area (Å²) in [6.07, 6.45) is 4.69. The molecular formula is C13H26N2. The van der Waals surface area contributed by atoms with Crippen molar-refractivity contribution in [3.05, 3.63) is 0 Å². The Morgan fingerprint density at radius 1 is 1.13 bits per heavy atom. The van der Waals surface area contributed by atoms with Gasteiger partial charge in [0, 0.05) is 0 Å². The Labute approximate surface area is 95.3 Å². The van der Waals surface area contributed by atoms with Gasteiger partial charge in [-0.15, -0.1) is 0 Å². The van der Waals surface area contributed by atoms with Crippen LogP contribution in [0.1, 0.15) is 53.4 Å². The Bertz CT molecular complexity index is 191. The van der Waals surface area contributed by atoms with E-state index in [4.69, 9.17) is 5.26 Å². The average Bonchev–Trinajstić information content (AvgIpc) is 2.23. The molecule has 0 aliphatic rings. The molecule has 0 bridgehead atoms. The largest absolute Gasteiger partial charge is 0.304 e. The van der Waals surface area contributed by atoms with Crippen molar-refractivity contribution < 1.29 is 0 Å². The summed E-state index contributed by atoms with van der Waals surface area (Å²) in [5.74, 6) is 0. The second-order valence-electron chi connectivity index (χ2n) is 4.89. The van der Waals surface area contributed by atoms with Crippen molar-refractivity contribution in [3.8, 4) is 6.07 Å². The van der Waals surface area contributed by atoms with Crippen LogP contribution in [-0.4, -0.2) is 24.5 Å². The van der Waals surface area contributed by atoms with Crippen LogP contribution in [0.25, 0.3) is 0 Å². The molecule has 88 valence electrons. The summed E-state index contributed by atoms with van der Waals surface area (Å²) in [6.45, 7) is 12.0. The predicted molar refractivity (Wildman–Crippen MR) is 65.7 cm³/mol. The van der Waals surface area contributed by atoms with Gasteiger partial charge in [-0.3, -0.25) is 0 Å². The van der Waals surface area contributed by atoms with Crippen molar-refractivity contribution in [2.75, 3.05) is 19.6 Å². The third kappa shape index (κ3) is 7.39. The normalized spacial score (nSPS) is 11.7. The first-order valence-electron chi connectivity index (χ1n) is 6.19. The monoisotopic (exact) mass is 210 g/mol. The molecule has 0 N–H and O–H groups in total. The molecule has 0 unspecified atom stereocenters. The van der Waals surface area contributed by atoms with E-state index in [1.807, 2.05) is 13.8 Å². The second kappa shape index (κ2) is 7.70. The van der Waals surface area contributed by atoms with Crippen LogP contribution < -0.4 is 0 Å². The van der Waals surface area contributed by atoms with Crippen molar-refractivity contribution in [2.24, 2.45) is 5.41 Å². The first-order valence-corrected chi connectivity index (χ1v) is 6.19. The van der Waals surface area contributed by atoms with Crippen molar-refractivity contribution >= 4 is 0 Å². The van der Waals surface area contributed by atoms with Gasteiger partial charge in [-0.1, -0.05) is 20.3 Å². The summed E-state index contributed by atoms with van der Waals surface area (Å²) in [6, 6.07) is 2.36. The summed E-state index contributed by atoms with van der Waals surface area (Å²) < 4.78 is 0. The zero-order chi connectivity index (χ0) is 11.7. The molecule has 0 rings (SSSR count). The molecule has 0 saturated carbocycles. The van der Waals surface area contributed by atoms with Gasteiger partial charge in [0.25, 0.3) is 0 Å². The molecule has 0 spiro atoms. The zero-order valence-corrected chi connectivity index (χ0v) is 10.8. The topological polar surface area (TPSA) is 27.0 Å². The molecule has 0 aromatic rings. The van der Waals surface area contributed by atoms with E-state index in [-0.39, 0.29) is 5.41 Å². The highest BCUT2D eigenvalue weighted by molar-refractivity contribution is 4.91. The Hall–Kier alpha value is -0.550. The maximum absolute atomic E-state index is 8.89. The van der Waals surface area contributed by atoms with E-state index in [1.54, 1.807) is 0 Å². The quantitative estimate of drug-likeness (QED) is 0.613. The standard InChI is InChI=1S/C13H26N2/c1-5-7-10-15(6-2)11-8-9-13(3,4)12-14/h5-11H2,1-4H3. The fraction of sp³-hybridized carbons (Fsp3) is 0.923. The number of hydrogen-bond donors (Lipinski definition) is 0. The van der Waals surface area contributed by atoms with Gasteiger partial charge in [-0.05, 0) is 52.7 Å². The zero-order valence-electron chi connectivity index (χ0n) is 10.8. The van der Waals surface area contributed by atoms with Crippen molar-refractivity contribution in [3.63, 3.8) is 0 Å². The van der Waals surface area contributed by atoms with Crippen LogP contribution in [0.15, 0.2) is 0 Å². The Morgan fingerprint density at radius 2 is 1.73 bits per heavy atom. The number of nitrogens with zero attached hydrogens (tertiary/aromatic N) is 2. The van der Waals surface area contributed by atoms with E-state index in [0.717, 1.165) is 25.9 Å². The summed E-state index contributed by atoms with van der Waals surface area (Å²) in [7, 11) is 0. The highest BCUT2D eigenvalue weighted by Crippen LogP contribution is 2.20. The van der Waals surface area contributed by atoms with Gasteiger partial charge in [0.15, 0.2) is 0 Å². The molecule has 0 aliphatic heterocycles. The van der Waals surface area contributed by atoms with E-state index in [9.17, 15) is 0 Å². The molecule has 2 heteroatoms. The molecule has 0 radical (unpaired) electrons. The lowest BCUT2D eigenvalue weighted by molar-refractivity contribution is 0.264. The van der Waals surface area contributed by atoms with Gasteiger partial charge in [-0.2, -0.15) is 5.26 Å². The van der Waals surface area contributed by atoms with E-state index in [0.29, 0.717) is 0 Å². The average molecular weight is 210 g/mol. The fourth-order valence-electron chi connectivity index (χ4n) is 1.61. The molecule has 0 aliphatic carbocycles. The molecular weight excluding hydrogens is 184 g/mol. The van der Waals surface area contributed by atoms with Crippen LogP contribution in [0, 0.1) is 16.7 Å². The van der Waals surface area contributed by atoms with Crippen molar-refractivity contribution in [1.29, 1.82) is 5.26 Å². The van der Waals surface area contributed by atoms with Crippen LogP contribution in [0.4, 0.5) is 0 Å². The SMILES string of the molecule is CCCCN(CC)CCCC(C)(C)C#N. The number of nitriles is 1. The third-order valence-corrected chi connectivity index (χ3v) is 2.85. The first-order chi connectivity index (χ1) is 7.05. The lowest BCUT2D eigenvalue weighted by Crippen LogP contribution is -2.26. The number of unbranched alkanes of at least 4 members (excludes halogenated alkanes) is 1. The van der Waals surface area contributed by atoms with E-state index in [2.05, 4.69) is 24.8 Å². The molecule has 2 nitrogen and oxygen atoms in total. The number of rotatable bonds is 8. The van der Waals surface area contributed by atoms with Crippen LogP contribution in [0.2, 0.25) is 0 Å². The summed E-state index contributed by atoms with van der Waals surface area (Å²) >= 11 is 0. The van der Waals surface area contributed by atoms with Gasteiger partial charge in [0.05, 0.1) is 11.5 Å². The highest BCUT2D eigenvalue weighted by Gasteiger charge is 2.16. The van der Waals surface area contributed by atoms with Crippen LogP contribution in [0.3, 0.4) is 0 Å². The van der Waals surface area contributed by atoms with Crippen LogP contribution in [-0.2, 0) is 0 Å². The fourth-order valence-corrected chi connectivity index (χ4v) is 1.61. The summed E-state index contributed by atoms with van der Waals surface area (Å²) in [4.78, 5) is 2.48. The van der Waals surface area contributed by atoms with Crippen LogP contribution in [0.5, 0.6) is 0 Å². The van der Waals surface area contributed by atoms with Gasteiger partial charge in [0.2, 0.25) is 0 Å². The van der Waals surface area contributed by atoms with E-state index in [1.165, 1.54) is 19.4 Å². The van der Waals surface area contributed by atoms with Gasteiger partial charge in [-0.25, -0.2) is 0 Å². The molecule has 0 aromatic carbocycles. The van der Waals surface area contributed by atoms with Crippen LogP contribution >= 0.6 is 0 Å². The lowest BCUT2D eigenvalue weighted by Gasteiger charge is -2.22. The molecule has 0 saturated heterocycles. The lowest BCUT2D eigenvalue weighted by atomic mass is 9.90. The predicted octanol–water partition coefficient (Wildman–Crippen LogP) is 3.44. The summed E-state index contributed by atoms with van der Waals surface area (Å²) in [5.41, 5.74) is -0.149. The first kappa shape index (κ1) is 14.5. The molecule has 0 aromatic heterocycles. The smallest absolute Gasteiger partial charge is 0.0683 e. The Kier molecular flexibility index (Phi) is 7.42. The maximum Gasteiger partial charge on any atom is 0.0683 e. The second-order valence-corrected chi connectivity index (χ2v) is 4.89. The minimum Gasteiger partial charge on any atom is -0.304 e. The Balaban J connectivity index is 3.68.